The largest absolute Gasteiger partial charge is 0.330 e. The minimum absolute atomic E-state index is 0.170. The van der Waals surface area contributed by atoms with Crippen molar-refractivity contribution in [1.29, 1.82) is 0 Å². The fraction of sp³-hybridized carbons (Fsp3) is 1.00. The molecule has 0 fully saturated rings. The predicted molar refractivity (Wildman–Crippen MR) is 230 cm³/mol. The van der Waals surface area contributed by atoms with E-state index in [0.29, 0.717) is 26.2 Å². The molecule has 0 heterocycles. The minimum Gasteiger partial charge on any atom is -0.330 e. The van der Waals surface area contributed by atoms with E-state index in [0.717, 1.165) is 183 Å². The predicted octanol–water partition coefficient (Wildman–Crippen LogP) is -2.49. The lowest BCUT2D eigenvalue weighted by atomic mass is 9.82. The number of rotatable bonds is 42. The van der Waals surface area contributed by atoms with Crippen LogP contribution in [0.4, 0.5) is 0 Å². The Balaban J connectivity index is 5.49. The van der Waals surface area contributed by atoms with E-state index in [4.69, 9.17) is 34.4 Å². The van der Waals surface area contributed by atoms with Gasteiger partial charge in [-0.15, -0.1) is 0 Å². The average molecular weight is 760 g/mol. The van der Waals surface area contributed by atoms with E-state index in [1.165, 1.54) is 0 Å². The van der Waals surface area contributed by atoms with E-state index < -0.39 is 0 Å². The third-order valence-corrected chi connectivity index (χ3v) is 11.4. The Bertz CT molecular complexity index is 729. The first kappa shape index (κ1) is 52.4. The van der Waals surface area contributed by atoms with Crippen LogP contribution >= 0.6 is 0 Å². The maximum atomic E-state index is 6.23. The van der Waals surface area contributed by atoms with Crippen molar-refractivity contribution in [2.24, 2.45) is 45.2 Å². The summed E-state index contributed by atoms with van der Waals surface area (Å²) in [6, 6.07) is 0. The highest BCUT2D eigenvalue weighted by Gasteiger charge is 2.27. The van der Waals surface area contributed by atoms with Crippen LogP contribution in [0.2, 0.25) is 0 Å². The molecular formula is C38H93N15. The maximum absolute atomic E-state index is 6.23. The van der Waals surface area contributed by atoms with Gasteiger partial charge in [0.25, 0.3) is 0 Å². The molecule has 0 radical (unpaired) electrons. The topological polar surface area (TPSA) is 229 Å². The third kappa shape index (κ3) is 26.0. The number of hydrogen-bond acceptors (Lipinski definition) is 15. The van der Waals surface area contributed by atoms with Crippen molar-refractivity contribution < 1.29 is 0 Å². The first-order chi connectivity index (χ1) is 25.8. The van der Waals surface area contributed by atoms with Gasteiger partial charge in [-0.05, 0) is 49.6 Å². The molecule has 0 saturated heterocycles. The summed E-state index contributed by atoms with van der Waals surface area (Å²) in [4.78, 5) is 10.3. The zero-order chi connectivity index (χ0) is 39.5. The average Bonchev–Trinajstić information content (AvgIpc) is 3.18. The Morgan fingerprint density at radius 3 is 0.981 bits per heavy atom. The lowest BCUT2D eigenvalue weighted by molar-refractivity contribution is 0.146. The van der Waals surface area contributed by atoms with E-state index in [-0.39, 0.29) is 10.8 Å². The summed E-state index contributed by atoms with van der Waals surface area (Å²) < 4.78 is 0. The SMILES string of the molecule is CCC(CC)(CN)CNCCN(CCN(CCNCCN)CCNCCN)CCN(CCNCCN)CCNCCN(CCN)CC(CC)(CC)CN. The molecule has 0 aliphatic rings. The van der Waals surface area contributed by atoms with Crippen molar-refractivity contribution in [3.8, 4) is 0 Å². The maximum Gasteiger partial charge on any atom is 0.0110 e. The first-order valence-electron chi connectivity index (χ1n) is 21.4. The molecule has 0 bridgehead atoms. The number of nitrogens with one attached hydrogen (secondary N) is 5. The van der Waals surface area contributed by atoms with Crippen LogP contribution in [0.25, 0.3) is 0 Å². The van der Waals surface area contributed by atoms with Crippen LogP contribution in [0, 0.1) is 10.8 Å². The standard InChI is InChI=1S/C38H93N15/c1-5-37(6-2,33-43)35-49-21-27-52(31-29-50(23-16-45-13-9-39)24-17-46-14-10-40)32-30-51(25-18-47-15-11-41)26-19-48-20-28-53(22-12-42)36-38(7-3,8-4)34-44/h45-49H,5-36,39-44H2,1-4H3. The fourth-order valence-corrected chi connectivity index (χ4v) is 6.77. The van der Waals surface area contributed by atoms with E-state index in [1.54, 1.807) is 0 Å². The summed E-state index contributed by atoms with van der Waals surface area (Å²) in [7, 11) is 0. The molecule has 17 N–H and O–H groups in total. The lowest BCUT2D eigenvalue weighted by Crippen LogP contribution is -2.48. The van der Waals surface area contributed by atoms with Gasteiger partial charge in [0.2, 0.25) is 0 Å². The monoisotopic (exact) mass is 760 g/mol. The smallest absolute Gasteiger partial charge is 0.0110 e. The summed E-state index contributed by atoms with van der Waals surface area (Å²) in [5, 5.41) is 18.0. The quantitative estimate of drug-likeness (QED) is 0.0290. The molecule has 0 aromatic heterocycles. The van der Waals surface area contributed by atoms with Crippen LogP contribution < -0.4 is 61.0 Å². The van der Waals surface area contributed by atoms with Crippen molar-refractivity contribution in [3.05, 3.63) is 0 Å². The van der Waals surface area contributed by atoms with Crippen molar-refractivity contribution in [1.82, 2.24) is 46.2 Å². The van der Waals surface area contributed by atoms with Crippen molar-refractivity contribution >= 4 is 0 Å². The van der Waals surface area contributed by atoms with E-state index in [1.807, 2.05) is 0 Å². The molecule has 53 heavy (non-hydrogen) atoms. The fourth-order valence-electron chi connectivity index (χ4n) is 6.77. The Hall–Kier alpha value is -0.600. The summed E-state index contributed by atoms with van der Waals surface area (Å²) in [6.07, 6.45) is 4.38. The van der Waals surface area contributed by atoms with Gasteiger partial charge in [0.05, 0.1) is 0 Å². The third-order valence-electron chi connectivity index (χ3n) is 11.4. The first-order valence-corrected chi connectivity index (χ1v) is 21.4. The highest BCUT2D eigenvalue weighted by Crippen LogP contribution is 2.26. The van der Waals surface area contributed by atoms with Gasteiger partial charge in [-0.3, -0.25) is 14.7 Å². The summed E-state index contributed by atoms with van der Waals surface area (Å²) in [6.45, 7) is 34.3. The molecule has 0 rings (SSSR count). The van der Waals surface area contributed by atoms with Crippen LogP contribution in [0.5, 0.6) is 0 Å². The van der Waals surface area contributed by atoms with Crippen LogP contribution in [0.15, 0.2) is 0 Å². The Morgan fingerprint density at radius 1 is 0.340 bits per heavy atom. The van der Waals surface area contributed by atoms with Crippen LogP contribution in [-0.2, 0) is 0 Å². The van der Waals surface area contributed by atoms with Crippen LogP contribution in [-0.4, -0.2) is 203 Å². The van der Waals surface area contributed by atoms with Gasteiger partial charge in [0.15, 0.2) is 0 Å². The van der Waals surface area contributed by atoms with Gasteiger partial charge in [-0.2, -0.15) is 0 Å². The molecule has 0 aromatic rings. The highest BCUT2D eigenvalue weighted by molar-refractivity contribution is 4.83. The van der Waals surface area contributed by atoms with Crippen LogP contribution in [0.3, 0.4) is 0 Å². The molecule has 0 amide bonds. The second kappa shape index (κ2) is 35.8. The Morgan fingerprint density at radius 2 is 0.660 bits per heavy atom. The zero-order valence-electron chi connectivity index (χ0n) is 35.4. The van der Waals surface area contributed by atoms with E-state index in [2.05, 4.69) is 73.9 Å². The molecule has 0 aromatic carbocycles. The molecule has 0 aliphatic carbocycles. The van der Waals surface area contributed by atoms with Crippen molar-refractivity contribution in [3.63, 3.8) is 0 Å². The molecule has 0 spiro atoms. The molecule has 0 atom stereocenters. The molecule has 15 heteroatoms. The van der Waals surface area contributed by atoms with E-state index >= 15 is 0 Å². The van der Waals surface area contributed by atoms with Gasteiger partial charge in [0.1, 0.15) is 0 Å². The lowest BCUT2D eigenvalue weighted by Gasteiger charge is -2.36. The highest BCUT2D eigenvalue weighted by atomic mass is 15.2. The van der Waals surface area contributed by atoms with Crippen molar-refractivity contribution in [2.45, 2.75) is 53.4 Å². The summed E-state index contributed by atoms with van der Waals surface area (Å²) >= 11 is 0. The van der Waals surface area contributed by atoms with Crippen molar-refractivity contribution in [2.75, 3.05) is 183 Å². The Labute approximate surface area is 327 Å². The molecule has 320 valence electrons. The number of hydrogen-bond donors (Lipinski definition) is 11. The van der Waals surface area contributed by atoms with Gasteiger partial charge in [0, 0.05) is 170 Å². The van der Waals surface area contributed by atoms with Gasteiger partial charge >= 0.3 is 0 Å². The van der Waals surface area contributed by atoms with Crippen LogP contribution in [0.1, 0.15) is 53.4 Å². The molecule has 0 aliphatic heterocycles. The van der Waals surface area contributed by atoms with E-state index in [9.17, 15) is 0 Å². The van der Waals surface area contributed by atoms with Gasteiger partial charge < -0.3 is 65.9 Å². The normalized spacial score (nSPS) is 12.8. The zero-order valence-corrected chi connectivity index (χ0v) is 35.4. The second-order valence-corrected chi connectivity index (χ2v) is 15.0. The molecule has 0 unspecified atom stereocenters. The van der Waals surface area contributed by atoms with Gasteiger partial charge in [-0.1, -0.05) is 27.7 Å². The molecule has 0 saturated carbocycles. The number of nitrogens with zero attached hydrogens (tertiary/aromatic N) is 4. The summed E-state index contributed by atoms with van der Waals surface area (Å²) in [5.74, 6) is 0. The number of nitrogens with two attached hydrogens (primary N) is 6. The summed E-state index contributed by atoms with van der Waals surface area (Å²) in [5.41, 5.74) is 36.0. The van der Waals surface area contributed by atoms with Gasteiger partial charge in [-0.25, -0.2) is 0 Å². The molecule has 15 nitrogen and oxygen atoms in total. The molecular weight excluding hydrogens is 667 g/mol. The second-order valence-electron chi connectivity index (χ2n) is 15.0. The Kier molecular flexibility index (Phi) is 35.4. The minimum atomic E-state index is 0.170.